The lowest BCUT2D eigenvalue weighted by Gasteiger charge is -2.29. The third-order valence-electron chi connectivity index (χ3n) is 4.71. The number of rotatable bonds is 5. The Labute approximate surface area is 126 Å². The van der Waals surface area contributed by atoms with E-state index in [9.17, 15) is 14.7 Å². The lowest BCUT2D eigenvalue weighted by atomic mass is 9.96. The van der Waals surface area contributed by atoms with Crippen molar-refractivity contribution in [2.45, 2.75) is 57.5 Å². The van der Waals surface area contributed by atoms with Crippen LogP contribution in [0.5, 0.6) is 0 Å². The first-order valence-electron chi connectivity index (χ1n) is 8.01. The quantitative estimate of drug-likeness (QED) is 0.807. The van der Waals surface area contributed by atoms with Crippen molar-refractivity contribution in [3.05, 3.63) is 0 Å². The number of hydrogen-bond acceptors (Lipinski definition) is 3. The largest absolute Gasteiger partial charge is 0.480 e. The van der Waals surface area contributed by atoms with Crippen LogP contribution in [0.15, 0.2) is 0 Å². The molecule has 21 heavy (non-hydrogen) atoms. The van der Waals surface area contributed by atoms with E-state index < -0.39 is 11.5 Å². The molecule has 0 aromatic rings. The molecule has 2 amide bonds. The minimum atomic E-state index is -1.17. The number of likely N-dealkylation sites (tertiary alicyclic amines) is 2. The number of amides is 2. The van der Waals surface area contributed by atoms with Crippen LogP contribution in [0.3, 0.4) is 0 Å². The molecule has 2 saturated heterocycles. The molecule has 0 spiro atoms. The number of hydrogen-bond donors (Lipinski definition) is 2. The molecule has 6 heteroatoms. The molecule has 0 radical (unpaired) electrons. The van der Waals surface area contributed by atoms with Crippen LogP contribution in [0.1, 0.15) is 46.0 Å². The van der Waals surface area contributed by atoms with E-state index in [0.717, 1.165) is 32.5 Å². The SMILES string of the molecule is CCCC(C)(NC(=O)N1CCC(N2CCCC2)C1)C(=O)O. The topological polar surface area (TPSA) is 72.9 Å². The highest BCUT2D eigenvalue weighted by Crippen LogP contribution is 2.21. The monoisotopic (exact) mass is 297 g/mol. The molecule has 0 aromatic carbocycles. The van der Waals surface area contributed by atoms with Crippen molar-refractivity contribution in [3.8, 4) is 0 Å². The Morgan fingerprint density at radius 2 is 1.95 bits per heavy atom. The molecule has 2 unspecified atom stereocenters. The second kappa shape index (κ2) is 6.64. The number of carbonyl (C=O) groups is 2. The fourth-order valence-corrected chi connectivity index (χ4v) is 3.37. The van der Waals surface area contributed by atoms with Gasteiger partial charge in [-0.05, 0) is 45.7 Å². The highest BCUT2D eigenvalue weighted by molar-refractivity contribution is 5.86. The lowest BCUT2D eigenvalue weighted by molar-refractivity contribution is -0.144. The second-order valence-corrected chi connectivity index (χ2v) is 6.45. The smallest absolute Gasteiger partial charge is 0.329 e. The molecule has 0 aromatic heterocycles. The first kappa shape index (κ1) is 16.1. The third kappa shape index (κ3) is 3.67. The van der Waals surface area contributed by atoms with Gasteiger partial charge in [-0.3, -0.25) is 4.90 Å². The zero-order valence-corrected chi connectivity index (χ0v) is 13.1. The summed E-state index contributed by atoms with van der Waals surface area (Å²) < 4.78 is 0. The molecule has 0 saturated carbocycles. The van der Waals surface area contributed by atoms with Crippen LogP contribution in [0, 0.1) is 0 Å². The van der Waals surface area contributed by atoms with Gasteiger partial charge in [0, 0.05) is 19.1 Å². The van der Waals surface area contributed by atoms with Crippen LogP contribution < -0.4 is 5.32 Å². The number of nitrogens with one attached hydrogen (secondary N) is 1. The summed E-state index contributed by atoms with van der Waals surface area (Å²) in [7, 11) is 0. The minimum absolute atomic E-state index is 0.241. The summed E-state index contributed by atoms with van der Waals surface area (Å²) >= 11 is 0. The van der Waals surface area contributed by atoms with Crippen molar-refractivity contribution in [2.24, 2.45) is 0 Å². The summed E-state index contributed by atoms with van der Waals surface area (Å²) in [6.45, 7) is 7.20. The van der Waals surface area contributed by atoms with Crippen LogP contribution in [-0.2, 0) is 4.79 Å². The average Bonchev–Trinajstić information content (AvgIpc) is 3.09. The maximum absolute atomic E-state index is 12.3. The third-order valence-corrected chi connectivity index (χ3v) is 4.71. The van der Waals surface area contributed by atoms with Gasteiger partial charge >= 0.3 is 12.0 Å². The van der Waals surface area contributed by atoms with Crippen LogP contribution in [0.25, 0.3) is 0 Å². The van der Waals surface area contributed by atoms with Gasteiger partial charge in [0.05, 0.1) is 0 Å². The van der Waals surface area contributed by atoms with E-state index >= 15 is 0 Å². The van der Waals surface area contributed by atoms with Crippen molar-refractivity contribution in [1.29, 1.82) is 0 Å². The Morgan fingerprint density at radius 1 is 1.29 bits per heavy atom. The maximum Gasteiger partial charge on any atom is 0.329 e. The van der Waals surface area contributed by atoms with Gasteiger partial charge in [0.2, 0.25) is 0 Å². The summed E-state index contributed by atoms with van der Waals surface area (Å²) in [6, 6.07) is 0.204. The Bertz CT molecular complexity index is 396. The maximum atomic E-state index is 12.3. The van der Waals surface area contributed by atoms with Crippen molar-refractivity contribution in [2.75, 3.05) is 26.2 Å². The van der Waals surface area contributed by atoms with Gasteiger partial charge in [0.1, 0.15) is 5.54 Å². The predicted octanol–water partition coefficient (Wildman–Crippen LogP) is 1.51. The van der Waals surface area contributed by atoms with E-state index in [0.29, 0.717) is 19.0 Å². The highest BCUT2D eigenvalue weighted by atomic mass is 16.4. The number of carbonyl (C=O) groups excluding carboxylic acids is 1. The molecular formula is C15H27N3O3. The van der Waals surface area contributed by atoms with Crippen molar-refractivity contribution < 1.29 is 14.7 Å². The van der Waals surface area contributed by atoms with Gasteiger partial charge in [-0.25, -0.2) is 9.59 Å². The summed E-state index contributed by atoms with van der Waals surface area (Å²) in [6.07, 6.45) is 4.65. The Kier molecular flexibility index (Phi) is 5.08. The Balaban J connectivity index is 1.90. The summed E-state index contributed by atoms with van der Waals surface area (Å²) in [5, 5.41) is 12.1. The van der Waals surface area contributed by atoms with Crippen LogP contribution in [-0.4, -0.2) is 64.7 Å². The summed E-state index contributed by atoms with van der Waals surface area (Å²) in [5.41, 5.74) is -1.17. The van der Waals surface area contributed by atoms with Gasteiger partial charge in [-0.15, -0.1) is 0 Å². The minimum Gasteiger partial charge on any atom is -0.480 e. The number of nitrogens with zero attached hydrogens (tertiary/aromatic N) is 2. The molecule has 2 heterocycles. The van der Waals surface area contributed by atoms with Crippen molar-refractivity contribution in [1.82, 2.24) is 15.1 Å². The molecule has 2 aliphatic rings. The zero-order valence-electron chi connectivity index (χ0n) is 13.1. The molecule has 2 atom stereocenters. The number of carboxylic acid groups (broad SMARTS) is 1. The van der Waals surface area contributed by atoms with E-state index in [4.69, 9.17) is 0 Å². The highest BCUT2D eigenvalue weighted by Gasteiger charge is 2.37. The number of urea groups is 1. The zero-order chi connectivity index (χ0) is 15.5. The lowest BCUT2D eigenvalue weighted by Crippen LogP contribution is -2.56. The molecule has 0 bridgehead atoms. The van der Waals surface area contributed by atoms with E-state index in [-0.39, 0.29) is 6.03 Å². The van der Waals surface area contributed by atoms with Crippen LogP contribution >= 0.6 is 0 Å². The second-order valence-electron chi connectivity index (χ2n) is 6.45. The summed E-state index contributed by atoms with van der Waals surface area (Å²) in [5.74, 6) is -0.965. The molecule has 2 rings (SSSR count). The predicted molar refractivity (Wildman–Crippen MR) is 80.3 cm³/mol. The Hall–Kier alpha value is -1.30. The van der Waals surface area contributed by atoms with Crippen molar-refractivity contribution in [3.63, 3.8) is 0 Å². The molecule has 2 fully saturated rings. The molecular weight excluding hydrogens is 270 g/mol. The van der Waals surface area contributed by atoms with Gasteiger partial charge < -0.3 is 15.3 Å². The number of carboxylic acids is 1. The molecule has 2 aliphatic heterocycles. The van der Waals surface area contributed by atoms with E-state index in [2.05, 4.69) is 10.2 Å². The van der Waals surface area contributed by atoms with E-state index in [1.807, 2.05) is 6.92 Å². The van der Waals surface area contributed by atoms with Crippen molar-refractivity contribution >= 4 is 12.0 Å². The fourth-order valence-electron chi connectivity index (χ4n) is 3.37. The number of aliphatic carboxylic acids is 1. The van der Waals surface area contributed by atoms with Crippen LogP contribution in [0.4, 0.5) is 4.79 Å². The van der Waals surface area contributed by atoms with E-state index in [1.165, 1.54) is 12.8 Å². The molecule has 120 valence electrons. The van der Waals surface area contributed by atoms with Gasteiger partial charge in [0.25, 0.3) is 0 Å². The normalized spacial score (nSPS) is 25.8. The summed E-state index contributed by atoms with van der Waals surface area (Å²) in [4.78, 5) is 27.9. The average molecular weight is 297 g/mol. The van der Waals surface area contributed by atoms with Crippen LogP contribution in [0.2, 0.25) is 0 Å². The fraction of sp³-hybridized carbons (Fsp3) is 0.867. The van der Waals surface area contributed by atoms with Gasteiger partial charge in [-0.1, -0.05) is 13.3 Å². The first-order valence-corrected chi connectivity index (χ1v) is 8.01. The molecule has 6 nitrogen and oxygen atoms in total. The van der Waals surface area contributed by atoms with Gasteiger partial charge in [0.15, 0.2) is 0 Å². The Morgan fingerprint density at radius 3 is 2.52 bits per heavy atom. The standard InChI is InChI=1S/C15H27N3O3/c1-3-7-15(2,13(19)20)16-14(21)18-10-6-12(11-18)17-8-4-5-9-17/h12H,3-11H2,1-2H3,(H,16,21)(H,19,20). The molecule has 2 N–H and O–H groups in total. The first-order chi connectivity index (χ1) is 9.96. The van der Waals surface area contributed by atoms with Gasteiger partial charge in [-0.2, -0.15) is 0 Å². The molecule has 0 aliphatic carbocycles. The van der Waals surface area contributed by atoms with E-state index in [1.54, 1.807) is 11.8 Å².